The smallest absolute Gasteiger partial charge is 0.208 e. The van der Waals surface area contributed by atoms with Crippen LogP contribution in [0.4, 0.5) is 5.13 Å². The second kappa shape index (κ2) is 7.86. The quantitative estimate of drug-likeness (QED) is 0.571. The summed E-state index contributed by atoms with van der Waals surface area (Å²) in [6.07, 6.45) is 0. The van der Waals surface area contributed by atoms with E-state index in [0.717, 1.165) is 29.2 Å². The van der Waals surface area contributed by atoms with Crippen LogP contribution in [0.2, 0.25) is 0 Å². The standard InChI is InChI=1S/C10H20N4OS2/c1-8(7-11-5-6-15-4)16-10-13-12-9(17-10)14(2)3/h8,11H,5-7H2,1-4H3. The number of ether oxygens (including phenoxy) is 1. The maximum atomic E-state index is 4.98. The molecule has 0 radical (unpaired) electrons. The number of rotatable bonds is 8. The molecular formula is C10H20N4OS2. The average Bonchev–Trinajstić information content (AvgIpc) is 2.73. The third kappa shape index (κ3) is 5.67. The summed E-state index contributed by atoms with van der Waals surface area (Å²) in [6, 6.07) is 0. The van der Waals surface area contributed by atoms with E-state index in [2.05, 4.69) is 22.4 Å². The molecule has 1 aromatic rings. The fourth-order valence-electron chi connectivity index (χ4n) is 1.12. The van der Waals surface area contributed by atoms with E-state index in [9.17, 15) is 0 Å². The van der Waals surface area contributed by atoms with Crippen LogP contribution in [-0.4, -0.2) is 56.3 Å². The first-order valence-corrected chi connectivity index (χ1v) is 7.20. The Labute approximate surface area is 111 Å². The minimum atomic E-state index is 0.481. The molecule has 0 aliphatic heterocycles. The van der Waals surface area contributed by atoms with Gasteiger partial charge in [-0.05, 0) is 0 Å². The molecular weight excluding hydrogens is 256 g/mol. The molecule has 0 amide bonds. The second-order valence-corrected chi connectivity index (χ2v) is 6.51. The molecule has 1 N–H and O–H groups in total. The first-order valence-electron chi connectivity index (χ1n) is 5.50. The van der Waals surface area contributed by atoms with Gasteiger partial charge in [0.1, 0.15) is 0 Å². The van der Waals surface area contributed by atoms with E-state index in [0.29, 0.717) is 5.25 Å². The lowest BCUT2D eigenvalue weighted by Gasteiger charge is -2.09. The van der Waals surface area contributed by atoms with Gasteiger partial charge in [0.05, 0.1) is 6.61 Å². The first kappa shape index (κ1) is 14.7. The normalized spacial score (nSPS) is 12.7. The molecule has 0 fully saturated rings. The molecule has 1 aromatic heterocycles. The van der Waals surface area contributed by atoms with Crippen LogP contribution in [0.1, 0.15) is 6.92 Å². The fourth-order valence-corrected chi connectivity index (χ4v) is 3.17. The molecule has 1 heterocycles. The monoisotopic (exact) mass is 276 g/mol. The summed E-state index contributed by atoms with van der Waals surface area (Å²) in [5, 5.41) is 13.0. The van der Waals surface area contributed by atoms with Gasteiger partial charge < -0.3 is 15.0 Å². The van der Waals surface area contributed by atoms with Crippen molar-refractivity contribution in [2.75, 3.05) is 45.8 Å². The molecule has 0 aliphatic rings. The number of anilines is 1. The van der Waals surface area contributed by atoms with Crippen molar-refractivity contribution in [3.8, 4) is 0 Å². The minimum Gasteiger partial charge on any atom is -0.383 e. The number of nitrogens with zero attached hydrogens (tertiary/aromatic N) is 3. The SMILES string of the molecule is COCCNCC(C)Sc1nnc(N(C)C)s1. The van der Waals surface area contributed by atoms with Gasteiger partial charge >= 0.3 is 0 Å². The Kier molecular flexibility index (Phi) is 6.79. The maximum Gasteiger partial charge on any atom is 0.208 e. The summed E-state index contributed by atoms with van der Waals surface area (Å²) in [5.74, 6) is 0. The van der Waals surface area contributed by atoms with E-state index in [4.69, 9.17) is 4.74 Å². The van der Waals surface area contributed by atoms with Gasteiger partial charge in [0.15, 0.2) is 4.34 Å². The summed E-state index contributed by atoms with van der Waals surface area (Å²) in [7, 11) is 5.67. The Balaban J connectivity index is 2.27. The van der Waals surface area contributed by atoms with E-state index in [-0.39, 0.29) is 0 Å². The van der Waals surface area contributed by atoms with E-state index in [1.54, 1.807) is 30.2 Å². The van der Waals surface area contributed by atoms with Crippen molar-refractivity contribution in [2.24, 2.45) is 0 Å². The van der Waals surface area contributed by atoms with Crippen LogP contribution in [-0.2, 0) is 4.74 Å². The van der Waals surface area contributed by atoms with Gasteiger partial charge in [-0.3, -0.25) is 0 Å². The number of thioether (sulfide) groups is 1. The van der Waals surface area contributed by atoms with E-state index in [1.807, 2.05) is 19.0 Å². The van der Waals surface area contributed by atoms with Crippen LogP contribution in [0.25, 0.3) is 0 Å². The second-order valence-electron chi connectivity index (χ2n) is 3.87. The van der Waals surface area contributed by atoms with Crippen molar-refractivity contribution in [3.63, 3.8) is 0 Å². The Morgan fingerprint density at radius 2 is 2.24 bits per heavy atom. The van der Waals surface area contributed by atoms with Gasteiger partial charge in [0, 0.05) is 39.5 Å². The number of methoxy groups -OCH3 is 1. The summed E-state index contributed by atoms with van der Waals surface area (Å²) in [6.45, 7) is 4.77. The van der Waals surface area contributed by atoms with Crippen molar-refractivity contribution in [3.05, 3.63) is 0 Å². The van der Waals surface area contributed by atoms with E-state index in [1.165, 1.54) is 0 Å². The summed E-state index contributed by atoms with van der Waals surface area (Å²) in [5.41, 5.74) is 0. The first-order chi connectivity index (χ1) is 8.13. The van der Waals surface area contributed by atoms with Crippen molar-refractivity contribution in [1.29, 1.82) is 0 Å². The maximum absolute atomic E-state index is 4.98. The van der Waals surface area contributed by atoms with E-state index >= 15 is 0 Å². The van der Waals surface area contributed by atoms with E-state index < -0.39 is 0 Å². The van der Waals surface area contributed by atoms with Crippen LogP contribution in [0.3, 0.4) is 0 Å². The van der Waals surface area contributed by atoms with Crippen LogP contribution >= 0.6 is 23.1 Å². The lowest BCUT2D eigenvalue weighted by molar-refractivity contribution is 0.199. The highest BCUT2D eigenvalue weighted by atomic mass is 32.2. The van der Waals surface area contributed by atoms with Gasteiger partial charge in [-0.25, -0.2) is 0 Å². The molecule has 98 valence electrons. The number of hydrogen-bond donors (Lipinski definition) is 1. The topological polar surface area (TPSA) is 50.3 Å². The lowest BCUT2D eigenvalue weighted by Crippen LogP contribution is -2.26. The zero-order valence-corrected chi connectivity index (χ0v) is 12.4. The van der Waals surface area contributed by atoms with Crippen molar-refractivity contribution < 1.29 is 4.74 Å². The minimum absolute atomic E-state index is 0.481. The molecule has 1 rings (SSSR count). The number of aromatic nitrogens is 2. The largest absolute Gasteiger partial charge is 0.383 e. The molecule has 5 nitrogen and oxygen atoms in total. The fraction of sp³-hybridized carbons (Fsp3) is 0.800. The molecule has 0 aromatic carbocycles. The van der Waals surface area contributed by atoms with Crippen molar-refractivity contribution >= 4 is 28.2 Å². The molecule has 7 heteroatoms. The lowest BCUT2D eigenvalue weighted by atomic mass is 10.4. The highest BCUT2D eigenvalue weighted by Gasteiger charge is 2.10. The summed E-state index contributed by atoms with van der Waals surface area (Å²) < 4.78 is 6.00. The Bertz CT molecular complexity index is 319. The molecule has 1 atom stereocenters. The molecule has 0 saturated carbocycles. The Morgan fingerprint density at radius 3 is 2.82 bits per heavy atom. The van der Waals surface area contributed by atoms with Gasteiger partial charge in [0.25, 0.3) is 0 Å². The molecule has 0 spiro atoms. The van der Waals surface area contributed by atoms with Gasteiger partial charge in [-0.1, -0.05) is 30.0 Å². The highest BCUT2D eigenvalue weighted by molar-refractivity contribution is 8.01. The van der Waals surface area contributed by atoms with Crippen molar-refractivity contribution in [1.82, 2.24) is 15.5 Å². The van der Waals surface area contributed by atoms with Gasteiger partial charge in [0.2, 0.25) is 5.13 Å². The Hall–Kier alpha value is -0.370. The number of hydrogen-bond acceptors (Lipinski definition) is 7. The predicted molar refractivity (Wildman–Crippen MR) is 74.3 cm³/mol. The highest BCUT2D eigenvalue weighted by Crippen LogP contribution is 2.29. The predicted octanol–water partition coefficient (Wildman–Crippen LogP) is 1.32. The van der Waals surface area contributed by atoms with Crippen LogP contribution < -0.4 is 10.2 Å². The molecule has 17 heavy (non-hydrogen) atoms. The van der Waals surface area contributed by atoms with Crippen molar-refractivity contribution in [2.45, 2.75) is 16.5 Å². The van der Waals surface area contributed by atoms with Crippen LogP contribution in [0.5, 0.6) is 0 Å². The zero-order valence-electron chi connectivity index (χ0n) is 10.8. The molecule has 0 aliphatic carbocycles. The average molecular weight is 276 g/mol. The van der Waals surface area contributed by atoms with Crippen LogP contribution in [0.15, 0.2) is 4.34 Å². The zero-order chi connectivity index (χ0) is 12.7. The molecule has 0 saturated heterocycles. The summed E-state index contributed by atoms with van der Waals surface area (Å²) >= 11 is 3.38. The van der Waals surface area contributed by atoms with Gasteiger partial charge in [-0.2, -0.15) is 0 Å². The van der Waals surface area contributed by atoms with Gasteiger partial charge in [-0.15, -0.1) is 10.2 Å². The Morgan fingerprint density at radius 1 is 1.47 bits per heavy atom. The third-order valence-electron chi connectivity index (χ3n) is 2.00. The summed E-state index contributed by atoms with van der Waals surface area (Å²) in [4.78, 5) is 1.98. The third-order valence-corrected chi connectivity index (χ3v) is 4.27. The molecule has 0 bridgehead atoms. The number of nitrogens with one attached hydrogen (secondary N) is 1. The van der Waals surface area contributed by atoms with Crippen LogP contribution in [0, 0.1) is 0 Å². The molecule has 1 unspecified atom stereocenters.